The van der Waals surface area contributed by atoms with Crippen LogP contribution in [0.1, 0.15) is 67.2 Å². The molecule has 0 saturated carbocycles. The fraction of sp³-hybridized carbons (Fsp3) is 0.833. The number of likely N-dealkylation sites (tertiary alicyclic amines) is 1. The first-order chi connectivity index (χ1) is 12.3. The van der Waals surface area contributed by atoms with Crippen molar-refractivity contribution in [2.45, 2.75) is 57.9 Å². The molecule has 1 amide bonds. The highest BCUT2D eigenvalue weighted by atomic mass is 35.5. The Morgan fingerprint density at radius 3 is 2.48 bits per heavy atom. The van der Waals surface area contributed by atoms with E-state index in [-0.39, 0.29) is 30.7 Å². The summed E-state index contributed by atoms with van der Waals surface area (Å²) in [6.45, 7) is 8.14. The molecular weight excluding hydrogens is 387 g/mol. The first kappa shape index (κ1) is 24.1. The smallest absolute Gasteiger partial charge is 0.273 e. The summed E-state index contributed by atoms with van der Waals surface area (Å²) in [5.41, 5.74) is 1.37. The minimum atomic E-state index is -0.0893. The lowest BCUT2D eigenvalue weighted by Gasteiger charge is -2.23. The van der Waals surface area contributed by atoms with E-state index in [2.05, 4.69) is 25.8 Å². The average Bonchev–Trinajstić information content (AvgIpc) is 2.84. The van der Waals surface area contributed by atoms with Crippen LogP contribution in [0.3, 0.4) is 0 Å². The fourth-order valence-electron chi connectivity index (χ4n) is 3.90. The molecule has 0 aliphatic carbocycles. The number of hydrogen-bond acceptors (Lipinski definition) is 5. The summed E-state index contributed by atoms with van der Waals surface area (Å²) in [6.07, 6.45) is 8.42. The van der Waals surface area contributed by atoms with Gasteiger partial charge in [-0.25, -0.2) is 4.68 Å². The second-order valence-corrected chi connectivity index (χ2v) is 7.31. The maximum absolute atomic E-state index is 12.4. The van der Waals surface area contributed by atoms with Crippen molar-refractivity contribution in [3.05, 3.63) is 11.4 Å². The summed E-state index contributed by atoms with van der Waals surface area (Å²) >= 11 is 0. The number of halogens is 2. The Labute approximate surface area is 174 Å². The second-order valence-electron chi connectivity index (χ2n) is 7.31. The first-order valence-electron chi connectivity index (χ1n) is 9.89. The molecule has 2 aliphatic heterocycles. The van der Waals surface area contributed by atoms with Gasteiger partial charge in [-0.05, 0) is 71.8 Å². The summed E-state index contributed by atoms with van der Waals surface area (Å²) in [5.74, 6) is -0.0893. The van der Waals surface area contributed by atoms with Crippen molar-refractivity contribution in [3.63, 3.8) is 0 Å². The molecule has 0 aromatic carbocycles. The predicted molar refractivity (Wildman–Crippen MR) is 112 cm³/mol. The monoisotopic (exact) mass is 420 g/mol. The van der Waals surface area contributed by atoms with Gasteiger partial charge in [0.2, 0.25) is 0 Å². The molecule has 0 unspecified atom stereocenters. The maximum atomic E-state index is 12.4. The lowest BCUT2D eigenvalue weighted by Crippen LogP contribution is -2.31. The van der Waals surface area contributed by atoms with Crippen LogP contribution >= 0.6 is 24.8 Å². The Kier molecular flexibility index (Phi) is 11.2. The number of hydrogen-bond donors (Lipinski definition) is 2. The van der Waals surface area contributed by atoms with Crippen molar-refractivity contribution in [1.29, 1.82) is 0 Å². The number of carbonyl (C=O) groups is 1. The van der Waals surface area contributed by atoms with E-state index in [1.807, 2.05) is 11.6 Å². The highest BCUT2D eigenvalue weighted by Crippen LogP contribution is 2.20. The summed E-state index contributed by atoms with van der Waals surface area (Å²) in [6, 6.07) is 0.360. The van der Waals surface area contributed by atoms with E-state index in [0.717, 1.165) is 44.6 Å². The van der Waals surface area contributed by atoms with Crippen LogP contribution in [0.25, 0.3) is 0 Å². The van der Waals surface area contributed by atoms with Crippen LogP contribution in [0.2, 0.25) is 0 Å². The van der Waals surface area contributed by atoms with Gasteiger partial charge in [0.15, 0.2) is 5.69 Å². The van der Waals surface area contributed by atoms with Gasteiger partial charge in [-0.1, -0.05) is 18.1 Å². The molecule has 2 N–H and O–H groups in total. The van der Waals surface area contributed by atoms with Crippen LogP contribution in [-0.2, 0) is 0 Å². The molecule has 3 heterocycles. The van der Waals surface area contributed by atoms with Gasteiger partial charge < -0.3 is 15.5 Å². The average molecular weight is 421 g/mol. The fourth-order valence-corrected chi connectivity index (χ4v) is 3.90. The molecule has 0 bridgehead atoms. The summed E-state index contributed by atoms with van der Waals surface area (Å²) in [7, 11) is 0. The van der Waals surface area contributed by atoms with Gasteiger partial charge in [0.1, 0.15) is 0 Å². The topological polar surface area (TPSA) is 75.1 Å². The van der Waals surface area contributed by atoms with Crippen LogP contribution < -0.4 is 10.6 Å². The van der Waals surface area contributed by atoms with Crippen molar-refractivity contribution < 1.29 is 4.79 Å². The number of piperidine rings is 1. The Hall–Kier alpha value is -0.890. The molecule has 0 radical (unpaired) electrons. The molecule has 0 atom stereocenters. The van der Waals surface area contributed by atoms with Crippen molar-refractivity contribution in [1.82, 2.24) is 30.5 Å². The highest BCUT2D eigenvalue weighted by molar-refractivity contribution is 5.93. The predicted octanol–water partition coefficient (Wildman–Crippen LogP) is 2.35. The van der Waals surface area contributed by atoms with Crippen molar-refractivity contribution >= 4 is 30.7 Å². The Balaban J connectivity index is 0.00000182. The van der Waals surface area contributed by atoms with Crippen LogP contribution in [0.4, 0.5) is 0 Å². The van der Waals surface area contributed by atoms with Gasteiger partial charge >= 0.3 is 0 Å². The van der Waals surface area contributed by atoms with E-state index < -0.39 is 0 Å². The standard InChI is InChI=1S/C18H32N6O.2ClH/c1-15-17(21-22-24(15)16-7-10-19-11-8-16)18(25)20-9-6-14-23-12-4-2-3-5-13-23;;/h16,19H,2-14H2,1H3,(H,20,25);2*1H. The second kappa shape index (κ2) is 12.5. The van der Waals surface area contributed by atoms with Gasteiger partial charge in [0.05, 0.1) is 11.7 Å². The Bertz CT molecular complexity index is 554. The summed E-state index contributed by atoms with van der Waals surface area (Å²) in [5, 5.41) is 14.8. The molecule has 9 heteroatoms. The molecule has 1 aromatic heterocycles. The molecule has 7 nitrogen and oxygen atoms in total. The molecular formula is C18H34Cl2N6O. The van der Waals surface area contributed by atoms with Crippen LogP contribution in [0.5, 0.6) is 0 Å². The van der Waals surface area contributed by atoms with Crippen molar-refractivity contribution in [2.24, 2.45) is 0 Å². The van der Waals surface area contributed by atoms with Crippen LogP contribution in [-0.4, -0.2) is 65.1 Å². The first-order valence-corrected chi connectivity index (χ1v) is 9.89. The molecule has 3 rings (SSSR count). The van der Waals surface area contributed by atoms with E-state index in [1.165, 1.54) is 38.8 Å². The molecule has 156 valence electrons. The van der Waals surface area contributed by atoms with E-state index in [4.69, 9.17) is 0 Å². The number of aromatic nitrogens is 3. The lowest BCUT2D eigenvalue weighted by molar-refractivity contribution is 0.0946. The quantitative estimate of drug-likeness (QED) is 0.690. The molecule has 2 aliphatic rings. The number of carbonyl (C=O) groups excluding carboxylic acids is 1. The molecule has 27 heavy (non-hydrogen) atoms. The van der Waals surface area contributed by atoms with Crippen molar-refractivity contribution in [2.75, 3.05) is 39.3 Å². The third-order valence-electron chi connectivity index (χ3n) is 5.43. The Morgan fingerprint density at radius 1 is 1.15 bits per heavy atom. The third kappa shape index (κ3) is 6.89. The number of nitrogens with one attached hydrogen (secondary N) is 2. The highest BCUT2D eigenvalue weighted by Gasteiger charge is 2.22. The summed E-state index contributed by atoms with van der Waals surface area (Å²) < 4.78 is 1.94. The number of nitrogens with zero attached hydrogens (tertiary/aromatic N) is 4. The van der Waals surface area contributed by atoms with Crippen molar-refractivity contribution in [3.8, 4) is 0 Å². The molecule has 1 aromatic rings. The van der Waals surface area contributed by atoms with Crippen LogP contribution in [0.15, 0.2) is 0 Å². The van der Waals surface area contributed by atoms with Gasteiger partial charge in [0, 0.05) is 6.54 Å². The van der Waals surface area contributed by atoms with Gasteiger partial charge in [-0.2, -0.15) is 0 Å². The van der Waals surface area contributed by atoms with E-state index in [0.29, 0.717) is 18.3 Å². The van der Waals surface area contributed by atoms with Gasteiger partial charge in [-0.15, -0.1) is 29.9 Å². The SMILES string of the molecule is Cc1c(C(=O)NCCCN2CCCCCC2)nnn1C1CCNCC1.Cl.Cl. The molecule has 2 saturated heterocycles. The largest absolute Gasteiger partial charge is 0.351 e. The third-order valence-corrected chi connectivity index (χ3v) is 5.43. The van der Waals surface area contributed by atoms with E-state index in [9.17, 15) is 4.79 Å². The zero-order chi connectivity index (χ0) is 17.5. The van der Waals surface area contributed by atoms with Crippen LogP contribution in [0, 0.1) is 6.92 Å². The van der Waals surface area contributed by atoms with Gasteiger partial charge in [-0.3, -0.25) is 4.79 Å². The maximum Gasteiger partial charge on any atom is 0.273 e. The number of amides is 1. The lowest BCUT2D eigenvalue weighted by atomic mass is 10.1. The zero-order valence-electron chi connectivity index (χ0n) is 16.3. The minimum Gasteiger partial charge on any atom is -0.351 e. The Morgan fingerprint density at radius 2 is 1.81 bits per heavy atom. The minimum absolute atomic E-state index is 0. The molecule has 2 fully saturated rings. The zero-order valence-corrected chi connectivity index (χ0v) is 17.9. The summed E-state index contributed by atoms with van der Waals surface area (Å²) in [4.78, 5) is 14.9. The van der Waals surface area contributed by atoms with E-state index in [1.54, 1.807) is 0 Å². The number of rotatable bonds is 6. The van der Waals surface area contributed by atoms with E-state index >= 15 is 0 Å². The normalized spacial score (nSPS) is 18.9. The molecule has 0 spiro atoms. The van der Waals surface area contributed by atoms with Gasteiger partial charge in [0.25, 0.3) is 5.91 Å².